The second kappa shape index (κ2) is 6.77. The minimum absolute atomic E-state index is 0.290. The van der Waals surface area contributed by atoms with Crippen molar-refractivity contribution < 1.29 is 4.79 Å². The quantitative estimate of drug-likeness (QED) is 0.569. The highest BCUT2D eigenvalue weighted by Crippen LogP contribution is 2.24. The fourth-order valence-corrected chi connectivity index (χ4v) is 2.39. The first-order valence-electron chi connectivity index (χ1n) is 6.78. The average Bonchev–Trinajstić information content (AvgIpc) is 2.58. The number of fused-ring (bicyclic) bond motifs is 1. The van der Waals surface area contributed by atoms with Crippen LogP contribution in [0.5, 0.6) is 0 Å². The van der Waals surface area contributed by atoms with Crippen molar-refractivity contribution in [2.24, 2.45) is 5.10 Å². The minimum Gasteiger partial charge on any atom is -0.266 e. The molecule has 1 N–H and O–H groups in total. The van der Waals surface area contributed by atoms with Crippen LogP contribution in [-0.4, -0.2) is 17.1 Å². The first kappa shape index (κ1) is 15.5. The van der Waals surface area contributed by atoms with Gasteiger partial charge in [0.15, 0.2) is 0 Å². The molecule has 0 aliphatic carbocycles. The van der Waals surface area contributed by atoms with E-state index in [-0.39, 0.29) is 5.69 Å². The number of pyridine rings is 1. The lowest BCUT2D eigenvalue weighted by Crippen LogP contribution is -2.19. The smallest absolute Gasteiger partial charge is 0.266 e. The molecule has 114 valence electrons. The molecular weight excluding hydrogens is 333 g/mol. The van der Waals surface area contributed by atoms with Gasteiger partial charge in [-0.1, -0.05) is 59.6 Å². The fourth-order valence-electron chi connectivity index (χ4n) is 2.03. The molecular formula is C17H11Cl2N3O. The lowest BCUT2D eigenvalue weighted by molar-refractivity contribution is 0.0950. The second-order valence-electron chi connectivity index (χ2n) is 4.73. The molecule has 0 radical (unpaired) electrons. The summed E-state index contributed by atoms with van der Waals surface area (Å²) >= 11 is 12.0. The van der Waals surface area contributed by atoms with Gasteiger partial charge in [0.05, 0.1) is 21.8 Å². The minimum atomic E-state index is -0.398. The Labute approximate surface area is 142 Å². The average molecular weight is 344 g/mol. The number of nitrogens with one attached hydrogen (secondary N) is 1. The fraction of sp³-hybridized carbons (Fsp3) is 0. The highest BCUT2D eigenvalue weighted by Gasteiger charge is 2.07. The maximum atomic E-state index is 12.1. The summed E-state index contributed by atoms with van der Waals surface area (Å²) in [5.41, 5.74) is 4.08. The van der Waals surface area contributed by atoms with Gasteiger partial charge in [-0.15, -0.1) is 0 Å². The third-order valence-corrected chi connectivity index (χ3v) is 4.02. The number of halogens is 2. The number of carbonyl (C=O) groups is 1. The molecule has 6 heteroatoms. The van der Waals surface area contributed by atoms with Crippen molar-refractivity contribution in [2.75, 3.05) is 0 Å². The van der Waals surface area contributed by atoms with Gasteiger partial charge in [0, 0.05) is 10.9 Å². The van der Waals surface area contributed by atoms with E-state index in [2.05, 4.69) is 15.5 Å². The van der Waals surface area contributed by atoms with E-state index in [0.717, 1.165) is 10.9 Å². The maximum absolute atomic E-state index is 12.1. The molecule has 0 saturated carbocycles. The summed E-state index contributed by atoms with van der Waals surface area (Å²) in [4.78, 5) is 16.4. The maximum Gasteiger partial charge on any atom is 0.289 e. The predicted octanol–water partition coefficient (Wildman–Crippen LogP) is 4.31. The van der Waals surface area contributed by atoms with Gasteiger partial charge < -0.3 is 0 Å². The third kappa shape index (κ3) is 3.50. The molecule has 0 aliphatic heterocycles. The van der Waals surface area contributed by atoms with Crippen molar-refractivity contribution in [1.29, 1.82) is 0 Å². The molecule has 0 saturated heterocycles. The molecule has 1 aromatic heterocycles. The van der Waals surface area contributed by atoms with Crippen molar-refractivity contribution in [3.05, 3.63) is 75.9 Å². The normalized spacial score (nSPS) is 11.0. The molecule has 0 fully saturated rings. The molecule has 0 unspecified atom stereocenters. The van der Waals surface area contributed by atoms with E-state index in [4.69, 9.17) is 23.2 Å². The summed E-state index contributed by atoms with van der Waals surface area (Å²) in [5.74, 6) is -0.398. The predicted molar refractivity (Wildman–Crippen MR) is 93.3 cm³/mol. The number of carbonyl (C=O) groups excluding carboxylic acids is 1. The molecule has 3 aromatic rings. The first-order valence-corrected chi connectivity index (χ1v) is 7.54. The second-order valence-corrected chi connectivity index (χ2v) is 5.52. The van der Waals surface area contributed by atoms with Gasteiger partial charge in [0.25, 0.3) is 5.91 Å². The van der Waals surface area contributed by atoms with Crippen LogP contribution in [0.3, 0.4) is 0 Å². The number of hydrazone groups is 1. The Bertz CT molecular complexity index is 909. The zero-order valence-corrected chi connectivity index (χ0v) is 13.3. The number of aromatic nitrogens is 1. The number of nitrogens with zero attached hydrogens (tertiary/aromatic N) is 2. The lowest BCUT2D eigenvalue weighted by atomic mass is 10.2. The van der Waals surface area contributed by atoms with Crippen LogP contribution in [0.15, 0.2) is 59.7 Å². The van der Waals surface area contributed by atoms with Gasteiger partial charge in [-0.2, -0.15) is 5.10 Å². The topological polar surface area (TPSA) is 54.4 Å². The van der Waals surface area contributed by atoms with Crippen molar-refractivity contribution in [2.45, 2.75) is 0 Å². The van der Waals surface area contributed by atoms with Crippen LogP contribution in [0, 0.1) is 0 Å². The molecule has 4 nitrogen and oxygen atoms in total. The Kier molecular flexibility index (Phi) is 4.55. The van der Waals surface area contributed by atoms with Gasteiger partial charge in [-0.3, -0.25) is 4.79 Å². The Morgan fingerprint density at radius 3 is 2.74 bits per heavy atom. The van der Waals surface area contributed by atoms with Crippen molar-refractivity contribution in [3.8, 4) is 0 Å². The van der Waals surface area contributed by atoms with E-state index >= 15 is 0 Å². The monoisotopic (exact) mass is 343 g/mol. The number of rotatable bonds is 3. The summed E-state index contributed by atoms with van der Waals surface area (Å²) in [5, 5.41) is 5.68. The molecule has 2 aromatic carbocycles. The van der Waals surface area contributed by atoms with Crippen molar-refractivity contribution in [3.63, 3.8) is 0 Å². The van der Waals surface area contributed by atoms with Crippen molar-refractivity contribution in [1.82, 2.24) is 10.4 Å². The van der Waals surface area contributed by atoms with E-state index in [9.17, 15) is 4.79 Å². The Morgan fingerprint density at radius 1 is 1.04 bits per heavy atom. The van der Waals surface area contributed by atoms with E-state index in [1.165, 1.54) is 6.21 Å². The van der Waals surface area contributed by atoms with Gasteiger partial charge in [-0.25, -0.2) is 10.4 Å². The number of hydrogen-bond donors (Lipinski definition) is 1. The molecule has 1 heterocycles. The third-order valence-electron chi connectivity index (χ3n) is 3.18. The molecule has 3 rings (SSSR count). The SMILES string of the molecule is O=C(N/N=C\c1cccc(Cl)c1Cl)c1ccc2ccccc2n1. The number of benzene rings is 2. The van der Waals surface area contributed by atoms with E-state index in [0.29, 0.717) is 15.6 Å². The first-order chi connectivity index (χ1) is 11.1. The number of para-hydroxylation sites is 1. The van der Waals surface area contributed by atoms with E-state index in [1.807, 2.05) is 30.3 Å². The van der Waals surface area contributed by atoms with E-state index < -0.39 is 5.91 Å². The summed E-state index contributed by atoms with van der Waals surface area (Å²) in [6.07, 6.45) is 1.44. The van der Waals surface area contributed by atoms with Gasteiger partial charge in [0.2, 0.25) is 0 Å². The van der Waals surface area contributed by atoms with E-state index in [1.54, 1.807) is 24.3 Å². The van der Waals surface area contributed by atoms with Crippen LogP contribution in [0.1, 0.15) is 16.1 Å². The lowest BCUT2D eigenvalue weighted by Gasteiger charge is -2.02. The van der Waals surface area contributed by atoms with Crippen LogP contribution < -0.4 is 5.43 Å². The summed E-state index contributed by atoms with van der Waals surface area (Å²) < 4.78 is 0. The summed E-state index contributed by atoms with van der Waals surface area (Å²) in [7, 11) is 0. The molecule has 1 amide bonds. The van der Waals surface area contributed by atoms with Crippen LogP contribution >= 0.6 is 23.2 Å². The molecule has 0 aliphatic rings. The van der Waals surface area contributed by atoms with Gasteiger partial charge in [-0.05, 0) is 18.2 Å². The van der Waals surface area contributed by atoms with Crippen LogP contribution in [0.2, 0.25) is 10.0 Å². The summed E-state index contributed by atoms with van der Waals surface area (Å²) in [6, 6.07) is 16.2. The molecule has 0 atom stereocenters. The Morgan fingerprint density at radius 2 is 1.87 bits per heavy atom. The largest absolute Gasteiger partial charge is 0.289 e. The highest BCUT2D eigenvalue weighted by atomic mass is 35.5. The molecule has 0 bridgehead atoms. The zero-order chi connectivity index (χ0) is 16.2. The Hall–Kier alpha value is -2.43. The highest BCUT2D eigenvalue weighted by molar-refractivity contribution is 6.43. The zero-order valence-electron chi connectivity index (χ0n) is 11.8. The van der Waals surface area contributed by atoms with Crippen LogP contribution in [-0.2, 0) is 0 Å². The standard InChI is InChI=1S/C17H11Cl2N3O/c18-13-6-3-5-12(16(13)19)10-20-22-17(23)15-9-8-11-4-1-2-7-14(11)21-15/h1-10H,(H,22,23)/b20-10-. The van der Waals surface area contributed by atoms with Gasteiger partial charge >= 0.3 is 0 Å². The molecule has 0 spiro atoms. The Balaban J connectivity index is 1.75. The van der Waals surface area contributed by atoms with Crippen molar-refractivity contribution >= 4 is 46.2 Å². The van der Waals surface area contributed by atoms with Gasteiger partial charge in [0.1, 0.15) is 5.69 Å². The van der Waals surface area contributed by atoms with Crippen LogP contribution in [0.25, 0.3) is 10.9 Å². The summed E-state index contributed by atoms with van der Waals surface area (Å²) in [6.45, 7) is 0. The number of hydrogen-bond acceptors (Lipinski definition) is 3. The molecule has 23 heavy (non-hydrogen) atoms. The van der Waals surface area contributed by atoms with Crippen LogP contribution in [0.4, 0.5) is 0 Å². The number of amides is 1.